The van der Waals surface area contributed by atoms with Crippen LogP contribution in [0.1, 0.15) is 66.2 Å². The zero-order chi connectivity index (χ0) is 22.6. The fraction of sp³-hybridized carbons (Fsp3) is 0.370. The molecule has 33 heavy (non-hydrogen) atoms. The number of H-pyrrole nitrogens is 1. The molecule has 0 radical (unpaired) electrons. The number of nitrogens with one attached hydrogen (secondary N) is 1. The van der Waals surface area contributed by atoms with Crippen molar-refractivity contribution in [2.24, 2.45) is 17.1 Å². The summed E-state index contributed by atoms with van der Waals surface area (Å²) in [4.78, 5) is 24.2. The number of nitrogens with two attached hydrogens (primary N) is 1. The summed E-state index contributed by atoms with van der Waals surface area (Å²) in [6.07, 6.45) is 9.84. The number of aromatic amines is 1. The number of hydrogen-bond donors (Lipinski definition) is 2. The van der Waals surface area contributed by atoms with Crippen molar-refractivity contribution in [2.75, 3.05) is 0 Å². The molecule has 2 aromatic heterocycles. The van der Waals surface area contributed by atoms with Gasteiger partial charge in [0.25, 0.3) is 0 Å². The van der Waals surface area contributed by atoms with Crippen LogP contribution in [0.15, 0.2) is 48.7 Å². The summed E-state index contributed by atoms with van der Waals surface area (Å²) < 4.78 is 14.0. The molecule has 2 aliphatic rings. The van der Waals surface area contributed by atoms with Crippen LogP contribution in [0.25, 0.3) is 21.9 Å². The van der Waals surface area contributed by atoms with Crippen LogP contribution in [-0.2, 0) is 6.42 Å². The Morgan fingerprint density at radius 2 is 1.85 bits per heavy atom. The molecule has 2 saturated carbocycles. The van der Waals surface area contributed by atoms with Gasteiger partial charge in [0.05, 0.1) is 16.6 Å². The highest BCUT2D eigenvalue weighted by Crippen LogP contribution is 2.57. The standard InChI is InChI=1S/C27H27FN4O/c28-19-4-6-22-21(14-19)20(9-12-30-22)16-7-10-27(11-8-16,18-2-3-18)15-25-31-23-5-1-17(26(29)33)13-24(23)32-25/h1,4-6,9,12-14,16,18H,2-3,7-8,10-11,15H2,(H2,29,33)(H,31,32). The quantitative estimate of drug-likeness (QED) is 0.419. The lowest BCUT2D eigenvalue weighted by molar-refractivity contribution is 0.100. The van der Waals surface area contributed by atoms with E-state index in [0.717, 1.165) is 65.8 Å². The van der Waals surface area contributed by atoms with Crippen molar-refractivity contribution in [1.29, 1.82) is 0 Å². The average molecular weight is 443 g/mol. The van der Waals surface area contributed by atoms with E-state index in [1.165, 1.54) is 24.5 Å². The Balaban J connectivity index is 1.26. The summed E-state index contributed by atoms with van der Waals surface area (Å²) >= 11 is 0. The molecule has 2 fully saturated rings. The van der Waals surface area contributed by atoms with Crippen molar-refractivity contribution in [3.05, 3.63) is 71.4 Å². The van der Waals surface area contributed by atoms with Crippen LogP contribution in [0.5, 0.6) is 0 Å². The lowest BCUT2D eigenvalue weighted by atomic mass is 9.64. The van der Waals surface area contributed by atoms with Crippen molar-refractivity contribution < 1.29 is 9.18 Å². The Kier molecular flexibility index (Phi) is 4.71. The zero-order valence-electron chi connectivity index (χ0n) is 18.5. The van der Waals surface area contributed by atoms with E-state index in [1.807, 2.05) is 12.3 Å². The normalized spacial score (nSPS) is 23.2. The van der Waals surface area contributed by atoms with Crippen molar-refractivity contribution in [3.63, 3.8) is 0 Å². The van der Waals surface area contributed by atoms with Crippen LogP contribution >= 0.6 is 0 Å². The number of halogens is 1. The van der Waals surface area contributed by atoms with Crippen LogP contribution in [0.3, 0.4) is 0 Å². The smallest absolute Gasteiger partial charge is 0.248 e. The van der Waals surface area contributed by atoms with Gasteiger partial charge in [0.1, 0.15) is 11.6 Å². The zero-order valence-corrected chi connectivity index (χ0v) is 18.5. The third-order valence-corrected chi connectivity index (χ3v) is 7.94. The van der Waals surface area contributed by atoms with E-state index < -0.39 is 5.91 Å². The number of carbonyl (C=O) groups excluding carboxylic acids is 1. The minimum atomic E-state index is -0.427. The minimum Gasteiger partial charge on any atom is -0.366 e. The maximum Gasteiger partial charge on any atom is 0.248 e. The Hall–Kier alpha value is -3.28. The SMILES string of the molecule is NC(=O)c1ccc2nc(CC3(C4CC4)CCC(c4ccnc5ccc(F)cc45)CC3)[nH]c2c1. The molecule has 0 aliphatic heterocycles. The van der Waals surface area contributed by atoms with Gasteiger partial charge >= 0.3 is 0 Å². The van der Waals surface area contributed by atoms with Crippen LogP contribution in [0.4, 0.5) is 4.39 Å². The second kappa shape index (κ2) is 7.65. The summed E-state index contributed by atoms with van der Waals surface area (Å²) in [5, 5.41) is 0.948. The van der Waals surface area contributed by atoms with E-state index >= 15 is 0 Å². The molecule has 0 bridgehead atoms. The first-order chi connectivity index (χ1) is 16.0. The van der Waals surface area contributed by atoms with Crippen molar-refractivity contribution in [1.82, 2.24) is 15.0 Å². The number of hydrogen-bond acceptors (Lipinski definition) is 3. The first-order valence-electron chi connectivity index (χ1n) is 11.8. The summed E-state index contributed by atoms with van der Waals surface area (Å²) in [6.45, 7) is 0. The van der Waals surface area contributed by atoms with E-state index in [9.17, 15) is 9.18 Å². The fourth-order valence-corrected chi connectivity index (χ4v) is 6.06. The molecular formula is C27H27FN4O. The van der Waals surface area contributed by atoms with E-state index in [2.05, 4.69) is 16.0 Å². The molecule has 6 rings (SSSR count). The van der Waals surface area contributed by atoms with Crippen molar-refractivity contribution in [3.8, 4) is 0 Å². The van der Waals surface area contributed by atoms with E-state index in [-0.39, 0.29) is 11.2 Å². The van der Waals surface area contributed by atoms with E-state index in [4.69, 9.17) is 10.7 Å². The number of benzene rings is 2. The number of fused-ring (bicyclic) bond motifs is 2. The number of primary amides is 1. The predicted molar refractivity (Wildman–Crippen MR) is 126 cm³/mol. The number of pyridine rings is 1. The second-order valence-electron chi connectivity index (χ2n) is 9.93. The van der Waals surface area contributed by atoms with Gasteiger partial charge in [0.15, 0.2) is 0 Å². The molecule has 3 N–H and O–H groups in total. The first-order valence-corrected chi connectivity index (χ1v) is 11.8. The third kappa shape index (κ3) is 3.67. The van der Waals surface area contributed by atoms with Gasteiger partial charge in [-0.15, -0.1) is 0 Å². The van der Waals surface area contributed by atoms with Crippen LogP contribution in [0, 0.1) is 17.2 Å². The molecule has 0 saturated heterocycles. The fourth-order valence-electron chi connectivity index (χ4n) is 6.06. The largest absolute Gasteiger partial charge is 0.366 e. The molecule has 0 spiro atoms. The number of nitrogens with zero attached hydrogens (tertiary/aromatic N) is 2. The van der Waals surface area contributed by atoms with Crippen LogP contribution in [-0.4, -0.2) is 20.9 Å². The molecule has 168 valence electrons. The van der Waals surface area contributed by atoms with Gasteiger partial charge in [0.2, 0.25) is 5.91 Å². The Bertz CT molecular complexity index is 1370. The number of imidazole rings is 1. The molecule has 2 aliphatic carbocycles. The molecule has 5 nitrogen and oxygen atoms in total. The monoisotopic (exact) mass is 442 g/mol. The first kappa shape index (κ1) is 20.3. The van der Waals surface area contributed by atoms with Crippen molar-refractivity contribution in [2.45, 2.75) is 50.9 Å². The third-order valence-electron chi connectivity index (χ3n) is 7.94. The van der Waals surface area contributed by atoms with Crippen LogP contribution < -0.4 is 5.73 Å². The van der Waals surface area contributed by atoms with Gasteiger partial charge in [-0.2, -0.15) is 0 Å². The molecule has 0 atom stereocenters. The molecule has 0 unspecified atom stereocenters. The van der Waals surface area contributed by atoms with Gasteiger partial charge in [-0.05, 0) is 104 Å². The maximum atomic E-state index is 14.0. The number of aromatic nitrogens is 3. The van der Waals surface area contributed by atoms with Crippen LogP contribution in [0.2, 0.25) is 0 Å². The van der Waals surface area contributed by atoms with Gasteiger partial charge in [0, 0.05) is 23.6 Å². The highest BCUT2D eigenvalue weighted by atomic mass is 19.1. The number of rotatable bonds is 5. The lowest BCUT2D eigenvalue weighted by Gasteiger charge is -2.41. The molecule has 4 aromatic rings. The summed E-state index contributed by atoms with van der Waals surface area (Å²) in [5.74, 6) is 1.54. The molecular weight excluding hydrogens is 415 g/mol. The topological polar surface area (TPSA) is 84.7 Å². The molecule has 2 aromatic carbocycles. The van der Waals surface area contributed by atoms with Gasteiger partial charge in [-0.3, -0.25) is 9.78 Å². The average Bonchev–Trinajstić information content (AvgIpc) is 3.60. The molecule has 1 amide bonds. The molecule has 6 heteroatoms. The Labute approximate surface area is 191 Å². The number of carbonyl (C=O) groups is 1. The summed E-state index contributed by atoms with van der Waals surface area (Å²) in [6, 6.07) is 12.4. The lowest BCUT2D eigenvalue weighted by Crippen LogP contribution is -2.32. The second-order valence-corrected chi connectivity index (χ2v) is 9.93. The minimum absolute atomic E-state index is 0.204. The highest BCUT2D eigenvalue weighted by Gasteiger charge is 2.47. The van der Waals surface area contributed by atoms with Gasteiger partial charge in [-0.25, -0.2) is 9.37 Å². The maximum absolute atomic E-state index is 14.0. The summed E-state index contributed by atoms with van der Waals surface area (Å²) in [7, 11) is 0. The van der Waals surface area contributed by atoms with Crippen molar-refractivity contribution >= 4 is 27.8 Å². The Morgan fingerprint density at radius 3 is 2.61 bits per heavy atom. The summed E-state index contributed by atoms with van der Waals surface area (Å²) in [5.41, 5.74) is 10.0. The predicted octanol–water partition coefficient (Wildman–Crippen LogP) is 5.65. The van der Waals surface area contributed by atoms with E-state index in [0.29, 0.717) is 11.5 Å². The van der Waals surface area contributed by atoms with E-state index in [1.54, 1.807) is 24.3 Å². The molecule has 2 heterocycles. The van der Waals surface area contributed by atoms with Gasteiger partial charge < -0.3 is 10.7 Å². The number of amides is 1. The van der Waals surface area contributed by atoms with Gasteiger partial charge in [-0.1, -0.05) is 0 Å². The Morgan fingerprint density at radius 1 is 1.06 bits per heavy atom. The highest BCUT2D eigenvalue weighted by molar-refractivity contribution is 5.96.